The van der Waals surface area contributed by atoms with Crippen LogP contribution in [0.1, 0.15) is 24.6 Å². The Hall–Kier alpha value is -2.06. The summed E-state index contributed by atoms with van der Waals surface area (Å²) in [6.45, 7) is 0.993. The van der Waals surface area contributed by atoms with Crippen molar-refractivity contribution in [3.05, 3.63) is 29.0 Å². The Kier molecular flexibility index (Phi) is 4.16. The van der Waals surface area contributed by atoms with E-state index in [1.54, 1.807) is 17.0 Å². The summed E-state index contributed by atoms with van der Waals surface area (Å²) in [5.41, 5.74) is 7.27. The maximum Gasteiger partial charge on any atom is 0.251 e. The number of aromatic nitrogens is 4. The first-order chi connectivity index (χ1) is 12.0. The van der Waals surface area contributed by atoms with Crippen LogP contribution in [0.5, 0.6) is 0 Å². The molecule has 0 radical (unpaired) electrons. The van der Waals surface area contributed by atoms with Crippen LogP contribution in [0.2, 0.25) is 5.02 Å². The molecule has 1 saturated heterocycles. The maximum atomic E-state index is 12.7. The zero-order valence-corrected chi connectivity index (χ0v) is 14.1. The third-order valence-electron chi connectivity index (χ3n) is 4.54. The van der Waals surface area contributed by atoms with Crippen LogP contribution in [0, 0.1) is 0 Å². The number of hydrogen-bond acceptors (Lipinski definition) is 5. The lowest BCUT2D eigenvalue weighted by Gasteiger charge is -2.30. The van der Waals surface area contributed by atoms with Gasteiger partial charge < -0.3 is 5.73 Å². The number of hydrogen-bond donors (Lipinski definition) is 1. The Labute approximate surface area is 147 Å². The number of fused-ring (bicyclic) bond motifs is 3. The molecule has 25 heavy (non-hydrogen) atoms. The molecule has 1 fully saturated rings. The fourth-order valence-corrected chi connectivity index (χ4v) is 3.59. The van der Waals surface area contributed by atoms with Gasteiger partial charge in [0, 0.05) is 22.9 Å². The van der Waals surface area contributed by atoms with E-state index in [4.69, 9.17) is 17.3 Å². The lowest BCUT2D eigenvalue weighted by atomic mass is 9.97. The fraction of sp³-hybridized carbons (Fsp3) is 0.438. The van der Waals surface area contributed by atoms with Crippen molar-refractivity contribution in [3.63, 3.8) is 0 Å². The second kappa shape index (κ2) is 6.34. The Morgan fingerprint density at radius 3 is 2.96 bits per heavy atom. The average Bonchev–Trinajstić information content (AvgIpc) is 3.00. The van der Waals surface area contributed by atoms with E-state index in [-0.39, 0.29) is 18.4 Å². The van der Waals surface area contributed by atoms with Crippen LogP contribution < -0.4 is 5.73 Å². The number of piperidine rings is 1. The van der Waals surface area contributed by atoms with Crippen molar-refractivity contribution in [2.24, 2.45) is 0 Å². The largest absolute Gasteiger partial charge is 0.368 e. The molecule has 1 aliphatic heterocycles. The topological polar surface area (TPSA) is 72.3 Å². The second-order valence-electron chi connectivity index (χ2n) is 6.33. The van der Waals surface area contributed by atoms with E-state index in [2.05, 4.69) is 15.1 Å². The van der Waals surface area contributed by atoms with Gasteiger partial charge >= 0.3 is 0 Å². The summed E-state index contributed by atoms with van der Waals surface area (Å²) in [6, 6.07) is 5.33. The number of anilines is 1. The van der Waals surface area contributed by atoms with Crippen LogP contribution in [0.25, 0.3) is 16.6 Å². The third-order valence-corrected chi connectivity index (χ3v) is 4.78. The molecule has 0 saturated carbocycles. The average molecular weight is 367 g/mol. The molecule has 1 aliphatic rings. The molecule has 1 unspecified atom stereocenters. The summed E-state index contributed by atoms with van der Waals surface area (Å²) in [4.78, 5) is 10.7. The van der Waals surface area contributed by atoms with E-state index < -0.39 is 6.43 Å². The van der Waals surface area contributed by atoms with Gasteiger partial charge in [0.2, 0.25) is 5.95 Å². The first-order valence-electron chi connectivity index (χ1n) is 8.13. The minimum atomic E-state index is -2.33. The molecule has 0 bridgehead atoms. The number of benzene rings is 1. The minimum absolute atomic E-state index is 0.00847. The number of halogens is 3. The lowest BCUT2D eigenvalue weighted by molar-refractivity contribution is 0.0731. The first kappa shape index (κ1) is 16.4. The van der Waals surface area contributed by atoms with E-state index >= 15 is 0 Å². The van der Waals surface area contributed by atoms with Crippen molar-refractivity contribution in [1.82, 2.24) is 24.5 Å². The summed E-state index contributed by atoms with van der Waals surface area (Å²) in [5, 5.41) is 5.86. The van der Waals surface area contributed by atoms with Gasteiger partial charge in [-0.05, 0) is 37.6 Å². The lowest BCUT2D eigenvalue weighted by Crippen LogP contribution is -2.37. The fourth-order valence-electron chi connectivity index (χ4n) is 3.42. The van der Waals surface area contributed by atoms with Crippen molar-refractivity contribution < 1.29 is 8.78 Å². The second-order valence-corrected chi connectivity index (χ2v) is 6.76. The summed E-state index contributed by atoms with van der Waals surface area (Å²) in [7, 11) is 0. The van der Waals surface area contributed by atoms with Gasteiger partial charge in [0.25, 0.3) is 6.43 Å². The Bertz CT molecular complexity index is 928. The smallest absolute Gasteiger partial charge is 0.251 e. The van der Waals surface area contributed by atoms with Crippen molar-refractivity contribution in [1.29, 1.82) is 0 Å². The zero-order valence-electron chi connectivity index (χ0n) is 13.4. The standard InChI is InChI=1S/C16H17ClF2N6/c17-10-3-4-11-12(6-10)21-16(20)25-15(11)22-14(23-25)9-2-1-5-24(7-9)8-13(18)19/h3-4,6,9,13H,1-2,5,7-8H2,(H2,20,21). The highest BCUT2D eigenvalue weighted by Gasteiger charge is 2.27. The molecule has 0 amide bonds. The maximum absolute atomic E-state index is 12.7. The van der Waals surface area contributed by atoms with Gasteiger partial charge in [-0.3, -0.25) is 4.90 Å². The molecule has 1 atom stereocenters. The van der Waals surface area contributed by atoms with E-state index in [0.717, 1.165) is 18.2 Å². The molecule has 6 nitrogen and oxygen atoms in total. The number of nitrogens with zero attached hydrogens (tertiary/aromatic N) is 5. The van der Waals surface area contributed by atoms with Crippen LogP contribution in [0.3, 0.4) is 0 Å². The molecule has 0 spiro atoms. The molecule has 2 N–H and O–H groups in total. The Morgan fingerprint density at radius 1 is 1.32 bits per heavy atom. The first-order valence-corrected chi connectivity index (χ1v) is 8.51. The molecule has 4 rings (SSSR count). The van der Waals surface area contributed by atoms with Crippen LogP contribution in [-0.2, 0) is 0 Å². The SMILES string of the molecule is Nc1nc2cc(Cl)ccc2c2nc(C3CCCN(CC(F)F)C3)nn12. The minimum Gasteiger partial charge on any atom is -0.368 e. The molecule has 0 aliphatic carbocycles. The highest BCUT2D eigenvalue weighted by atomic mass is 35.5. The number of alkyl halides is 2. The van der Waals surface area contributed by atoms with Gasteiger partial charge in [0.05, 0.1) is 12.1 Å². The molecule has 9 heteroatoms. The van der Waals surface area contributed by atoms with Crippen molar-refractivity contribution in [2.75, 3.05) is 25.4 Å². The van der Waals surface area contributed by atoms with Crippen LogP contribution in [0.15, 0.2) is 18.2 Å². The highest BCUT2D eigenvalue weighted by molar-refractivity contribution is 6.31. The van der Waals surface area contributed by atoms with Crippen molar-refractivity contribution in [3.8, 4) is 0 Å². The molecule has 3 aromatic rings. The Balaban J connectivity index is 1.73. The zero-order chi connectivity index (χ0) is 17.6. The highest BCUT2D eigenvalue weighted by Crippen LogP contribution is 2.28. The molecule has 3 heterocycles. The van der Waals surface area contributed by atoms with E-state index in [1.165, 1.54) is 4.52 Å². The van der Waals surface area contributed by atoms with Crippen LogP contribution in [-0.4, -0.2) is 50.5 Å². The third kappa shape index (κ3) is 3.11. The molecule has 2 aromatic heterocycles. The summed E-state index contributed by atoms with van der Waals surface area (Å²) < 4.78 is 26.8. The van der Waals surface area contributed by atoms with Gasteiger partial charge in [0.1, 0.15) is 0 Å². The normalized spacial score (nSPS) is 19.3. The van der Waals surface area contributed by atoms with Crippen LogP contribution in [0.4, 0.5) is 14.7 Å². The summed E-state index contributed by atoms with van der Waals surface area (Å²) >= 11 is 6.02. The number of nitrogens with two attached hydrogens (primary N) is 1. The van der Waals surface area contributed by atoms with E-state index in [0.29, 0.717) is 35.1 Å². The van der Waals surface area contributed by atoms with Crippen molar-refractivity contribution in [2.45, 2.75) is 25.2 Å². The quantitative estimate of drug-likeness (QED) is 0.771. The van der Waals surface area contributed by atoms with Gasteiger partial charge in [-0.25, -0.2) is 18.7 Å². The number of likely N-dealkylation sites (tertiary alicyclic amines) is 1. The van der Waals surface area contributed by atoms with Gasteiger partial charge in [0.15, 0.2) is 11.5 Å². The van der Waals surface area contributed by atoms with Gasteiger partial charge in [-0.15, -0.1) is 5.10 Å². The van der Waals surface area contributed by atoms with Gasteiger partial charge in [-0.1, -0.05) is 11.6 Å². The number of nitrogen functional groups attached to an aromatic ring is 1. The predicted molar refractivity (Wildman–Crippen MR) is 92.1 cm³/mol. The van der Waals surface area contributed by atoms with E-state index in [9.17, 15) is 8.78 Å². The van der Waals surface area contributed by atoms with Gasteiger partial charge in [-0.2, -0.15) is 4.52 Å². The molecule has 1 aromatic carbocycles. The monoisotopic (exact) mass is 366 g/mol. The molecular formula is C16H17ClF2N6. The summed E-state index contributed by atoms with van der Waals surface area (Å²) in [6.07, 6.45) is -0.619. The summed E-state index contributed by atoms with van der Waals surface area (Å²) in [5.74, 6) is 0.854. The predicted octanol–water partition coefficient (Wildman–Crippen LogP) is 2.96. The van der Waals surface area contributed by atoms with Crippen molar-refractivity contribution >= 4 is 34.1 Å². The van der Waals surface area contributed by atoms with E-state index in [1.807, 2.05) is 6.07 Å². The molecular weight excluding hydrogens is 350 g/mol. The number of rotatable bonds is 3. The molecule has 132 valence electrons. The Morgan fingerprint density at radius 2 is 2.16 bits per heavy atom. The van der Waals surface area contributed by atoms with Crippen LogP contribution >= 0.6 is 11.6 Å².